The highest BCUT2D eigenvalue weighted by atomic mass is 32.2. The second-order valence-corrected chi connectivity index (χ2v) is 9.39. The van der Waals surface area contributed by atoms with Crippen molar-refractivity contribution in [2.45, 2.75) is 25.4 Å². The van der Waals surface area contributed by atoms with Gasteiger partial charge < -0.3 is 15.0 Å². The number of thioether (sulfide) groups is 1. The minimum atomic E-state index is -0.302. The topological polar surface area (TPSA) is 97.0 Å². The number of esters is 1. The molecule has 0 saturated carbocycles. The molecule has 4 aromatic rings. The van der Waals surface area contributed by atoms with E-state index in [4.69, 9.17) is 9.72 Å². The number of hydrogen-bond donors (Lipinski definition) is 2. The van der Waals surface area contributed by atoms with Crippen LogP contribution in [0.5, 0.6) is 0 Å². The first-order valence-electron chi connectivity index (χ1n) is 10.8. The number of ether oxygens (including phenoxy) is 1. The number of rotatable bonds is 9. The lowest BCUT2D eigenvalue weighted by atomic mass is 10.1. The summed E-state index contributed by atoms with van der Waals surface area (Å²) in [6, 6.07) is 20.0. The van der Waals surface area contributed by atoms with Crippen LogP contribution in [-0.4, -0.2) is 39.2 Å². The van der Waals surface area contributed by atoms with Crippen LogP contribution in [0.4, 0.5) is 5.13 Å². The molecule has 174 valence electrons. The molecule has 9 heteroatoms. The van der Waals surface area contributed by atoms with Gasteiger partial charge in [0, 0.05) is 16.0 Å². The molecule has 4 rings (SSSR count). The van der Waals surface area contributed by atoms with Crippen LogP contribution in [0, 0.1) is 6.92 Å². The van der Waals surface area contributed by atoms with Gasteiger partial charge in [0.1, 0.15) is 0 Å². The van der Waals surface area contributed by atoms with E-state index in [2.05, 4.69) is 15.3 Å². The van der Waals surface area contributed by atoms with Gasteiger partial charge in [-0.3, -0.25) is 9.59 Å². The molecule has 2 N–H and O–H groups in total. The Labute approximate surface area is 206 Å². The van der Waals surface area contributed by atoms with Crippen molar-refractivity contribution in [2.75, 3.05) is 17.7 Å². The molecule has 2 aromatic carbocycles. The molecular formula is C25H24N4O3S2. The van der Waals surface area contributed by atoms with Gasteiger partial charge in [-0.1, -0.05) is 72.4 Å². The van der Waals surface area contributed by atoms with Gasteiger partial charge in [0.25, 0.3) is 0 Å². The zero-order valence-electron chi connectivity index (χ0n) is 18.8. The highest BCUT2D eigenvalue weighted by molar-refractivity contribution is 7.99. The number of carbonyl (C=O) groups is 2. The Kier molecular flexibility index (Phi) is 7.76. The second-order valence-electron chi connectivity index (χ2n) is 7.34. The molecule has 0 aliphatic heterocycles. The summed E-state index contributed by atoms with van der Waals surface area (Å²) in [6.07, 6.45) is 0.152. The molecule has 0 aliphatic rings. The first-order chi connectivity index (χ1) is 16.5. The first-order valence-corrected chi connectivity index (χ1v) is 12.6. The van der Waals surface area contributed by atoms with Gasteiger partial charge in [0.2, 0.25) is 5.91 Å². The summed E-state index contributed by atoms with van der Waals surface area (Å²) in [5.41, 5.74) is 4.49. The van der Waals surface area contributed by atoms with Crippen molar-refractivity contribution in [3.8, 4) is 22.5 Å². The molecule has 2 aromatic heterocycles. The van der Waals surface area contributed by atoms with E-state index in [1.165, 1.54) is 23.1 Å². The number of H-pyrrole nitrogens is 1. The summed E-state index contributed by atoms with van der Waals surface area (Å²) >= 11 is 2.61. The highest BCUT2D eigenvalue weighted by Gasteiger charge is 2.17. The van der Waals surface area contributed by atoms with Gasteiger partial charge in [-0.05, 0) is 13.8 Å². The fourth-order valence-electron chi connectivity index (χ4n) is 3.32. The van der Waals surface area contributed by atoms with Crippen LogP contribution in [0.1, 0.15) is 17.5 Å². The Hall–Kier alpha value is -3.43. The predicted octanol–water partition coefficient (Wildman–Crippen LogP) is 5.35. The van der Waals surface area contributed by atoms with Gasteiger partial charge in [0.15, 0.2) is 10.3 Å². The number of aromatic nitrogens is 3. The van der Waals surface area contributed by atoms with E-state index in [1.807, 2.05) is 67.6 Å². The fraction of sp³-hybridized carbons (Fsp3) is 0.200. The monoisotopic (exact) mass is 492 g/mol. The smallest absolute Gasteiger partial charge is 0.311 e. The lowest BCUT2D eigenvalue weighted by Gasteiger charge is -2.02. The Balaban J connectivity index is 1.44. The zero-order valence-corrected chi connectivity index (χ0v) is 20.5. The molecule has 0 unspecified atom stereocenters. The zero-order chi connectivity index (χ0) is 23.9. The molecule has 0 spiro atoms. The number of imidazole rings is 1. The molecule has 7 nitrogen and oxygen atoms in total. The van der Waals surface area contributed by atoms with E-state index in [0.29, 0.717) is 22.6 Å². The van der Waals surface area contributed by atoms with Gasteiger partial charge in [-0.15, -0.1) is 11.3 Å². The Morgan fingerprint density at radius 1 is 1.03 bits per heavy atom. The summed E-state index contributed by atoms with van der Waals surface area (Å²) < 4.78 is 4.99. The summed E-state index contributed by atoms with van der Waals surface area (Å²) in [6.45, 7) is 3.92. The number of thiazole rings is 1. The van der Waals surface area contributed by atoms with Crippen molar-refractivity contribution in [3.05, 3.63) is 71.2 Å². The van der Waals surface area contributed by atoms with Crippen LogP contribution in [0.25, 0.3) is 22.5 Å². The lowest BCUT2D eigenvalue weighted by Crippen LogP contribution is -2.13. The fourth-order valence-corrected chi connectivity index (χ4v) is 4.95. The molecule has 0 fully saturated rings. The van der Waals surface area contributed by atoms with Gasteiger partial charge in [-0.25, -0.2) is 9.97 Å². The molecule has 2 heterocycles. The minimum Gasteiger partial charge on any atom is -0.466 e. The van der Waals surface area contributed by atoms with Gasteiger partial charge in [0.05, 0.1) is 35.9 Å². The third kappa shape index (κ3) is 5.92. The number of amides is 1. The first kappa shape index (κ1) is 23.7. The van der Waals surface area contributed by atoms with E-state index in [1.54, 1.807) is 6.92 Å². The maximum absolute atomic E-state index is 12.6. The van der Waals surface area contributed by atoms with Gasteiger partial charge >= 0.3 is 5.97 Å². The molecule has 0 saturated heterocycles. The summed E-state index contributed by atoms with van der Waals surface area (Å²) in [5, 5.41) is 3.95. The number of benzene rings is 2. The van der Waals surface area contributed by atoms with Crippen LogP contribution in [0.3, 0.4) is 0 Å². The SMILES string of the molecule is CCOC(=O)Cc1sc(NC(=O)CSc2nc(-c3ccccc3)c(-c3ccccc3)[nH]2)nc1C. The van der Waals surface area contributed by atoms with Crippen molar-refractivity contribution in [2.24, 2.45) is 0 Å². The maximum atomic E-state index is 12.6. The average Bonchev–Trinajstić information content (AvgIpc) is 3.42. The van der Waals surface area contributed by atoms with Crippen molar-refractivity contribution >= 4 is 40.1 Å². The summed E-state index contributed by atoms with van der Waals surface area (Å²) in [7, 11) is 0. The molecule has 0 aliphatic carbocycles. The number of carbonyl (C=O) groups excluding carboxylic acids is 2. The number of nitrogens with zero attached hydrogens (tertiary/aromatic N) is 2. The normalized spacial score (nSPS) is 10.8. The van der Waals surface area contributed by atoms with E-state index < -0.39 is 0 Å². The van der Waals surface area contributed by atoms with Crippen molar-refractivity contribution < 1.29 is 14.3 Å². The largest absolute Gasteiger partial charge is 0.466 e. The molecule has 0 bridgehead atoms. The third-order valence-electron chi connectivity index (χ3n) is 4.88. The maximum Gasteiger partial charge on any atom is 0.311 e. The van der Waals surface area contributed by atoms with Crippen molar-refractivity contribution in [3.63, 3.8) is 0 Å². The van der Waals surface area contributed by atoms with E-state index in [-0.39, 0.29) is 24.1 Å². The van der Waals surface area contributed by atoms with Gasteiger partial charge in [-0.2, -0.15) is 0 Å². The summed E-state index contributed by atoms with van der Waals surface area (Å²) in [4.78, 5) is 37.6. The number of anilines is 1. The number of aromatic amines is 1. The molecule has 0 radical (unpaired) electrons. The molecular weight excluding hydrogens is 468 g/mol. The van der Waals surface area contributed by atoms with E-state index >= 15 is 0 Å². The highest BCUT2D eigenvalue weighted by Crippen LogP contribution is 2.32. The van der Waals surface area contributed by atoms with E-state index in [0.717, 1.165) is 27.4 Å². The second kappa shape index (κ2) is 11.1. The Morgan fingerprint density at radius 2 is 1.71 bits per heavy atom. The lowest BCUT2D eigenvalue weighted by molar-refractivity contribution is -0.142. The van der Waals surface area contributed by atoms with Crippen LogP contribution in [0.2, 0.25) is 0 Å². The van der Waals surface area contributed by atoms with Crippen LogP contribution < -0.4 is 5.32 Å². The number of nitrogens with one attached hydrogen (secondary N) is 2. The quantitative estimate of drug-likeness (QED) is 0.242. The van der Waals surface area contributed by atoms with Crippen molar-refractivity contribution in [1.82, 2.24) is 15.0 Å². The predicted molar refractivity (Wildman–Crippen MR) is 136 cm³/mol. The van der Waals surface area contributed by atoms with Crippen LogP contribution in [-0.2, 0) is 20.7 Å². The molecule has 0 atom stereocenters. The standard InChI is InChI=1S/C25H24N4O3S2/c1-3-32-21(31)14-19-16(2)26-25(34-19)27-20(30)15-33-24-28-22(17-10-6-4-7-11-17)23(29-24)18-12-8-5-9-13-18/h4-13H,3,14-15H2,1-2H3,(H,28,29)(H,26,27,30). The minimum absolute atomic E-state index is 0.152. The average molecular weight is 493 g/mol. The molecule has 1 amide bonds. The third-order valence-corrected chi connectivity index (χ3v) is 6.83. The number of hydrogen-bond acceptors (Lipinski definition) is 7. The number of aryl methyl sites for hydroxylation is 1. The molecule has 34 heavy (non-hydrogen) atoms. The Bertz CT molecular complexity index is 1210. The van der Waals surface area contributed by atoms with Crippen molar-refractivity contribution in [1.29, 1.82) is 0 Å². The van der Waals surface area contributed by atoms with Crippen LogP contribution >= 0.6 is 23.1 Å². The Morgan fingerprint density at radius 3 is 2.38 bits per heavy atom. The van der Waals surface area contributed by atoms with E-state index in [9.17, 15) is 9.59 Å². The summed E-state index contributed by atoms with van der Waals surface area (Å²) in [5.74, 6) is -0.328. The van der Waals surface area contributed by atoms with Crippen LogP contribution in [0.15, 0.2) is 65.8 Å².